The summed E-state index contributed by atoms with van der Waals surface area (Å²) in [4.78, 5) is 3.83. The van der Waals surface area contributed by atoms with Crippen molar-refractivity contribution in [3.8, 4) is 0 Å². The summed E-state index contributed by atoms with van der Waals surface area (Å²) in [7, 11) is 0. The molecule has 0 N–H and O–H groups in total. The Balaban J connectivity index is 1.97. The van der Waals surface area contributed by atoms with Gasteiger partial charge in [0.15, 0.2) is 0 Å². The lowest BCUT2D eigenvalue weighted by atomic mass is 9.95. The molecule has 2 aromatic rings. The highest BCUT2D eigenvalue weighted by molar-refractivity contribution is 5.30. The van der Waals surface area contributed by atoms with E-state index in [9.17, 15) is 8.78 Å². The van der Waals surface area contributed by atoms with Gasteiger partial charge in [0.25, 0.3) is 0 Å². The standard InChI is InChI=1S/C12H11F2N3O/c1-8-12(18-8,5-17-7-15-6-16-17)10-3-2-9(13)4-11(10)14/h2-4,6-8H,5H2,1H3/t8?,12-/m0/s1. The van der Waals surface area contributed by atoms with Gasteiger partial charge in [-0.2, -0.15) is 5.10 Å². The van der Waals surface area contributed by atoms with Crippen LogP contribution >= 0.6 is 0 Å². The maximum Gasteiger partial charge on any atom is 0.142 e. The fourth-order valence-corrected chi connectivity index (χ4v) is 2.20. The second kappa shape index (κ2) is 3.84. The lowest BCUT2D eigenvalue weighted by Crippen LogP contribution is -2.22. The van der Waals surface area contributed by atoms with Gasteiger partial charge in [0.2, 0.25) is 0 Å². The number of hydrogen-bond acceptors (Lipinski definition) is 3. The average Bonchev–Trinajstić information content (AvgIpc) is 2.75. The molecule has 3 rings (SSSR count). The van der Waals surface area contributed by atoms with Crippen LogP contribution in [-0.2, 0) is 16.9 Å². The second-order valence-electron chi connectivity index (χ2n) is 4.37. The molecule has 1 aromatic carbocycles. The van der Waals surface area contributed by atoms with Crippen LogP contribution in [0.2, 0.25) is 0 Å². The number of aromatic nitrogens is 3. The number of ether oxygens (including phenoxy) is 1. The topological polar surface area (TPSA) is 43.2 Å². The van der Waals surface area contributed by atoms with Crippen molar-refractivity contribution in [1.29, 1.82) is 0 Å². The van der Waals surface area contributed by atoms with E-state index in [1.54, 1.807) is 4.68 Å². The van der Waals surface area contributed by atoms with Crippen LogP contribution in [0.1, 0.15) is 12.5 Å². The molecule has 1 fully saturated rings. The summed E-state index contributed by atoms with van der Waals surface area (Å²) in [6.07, 6.45) is 2.81. The second-order valence-corrected chi connectivity index (χ2v) is 4.37. The molecule has 1 saturated heterocycles. The number of nitrogens with zero attached hydrogens (tertiary/aromatic N) is 3. The summed E-state index contributed by atoms with van der Waals surface area (Å²) in [6, 6.07) is 3.52. The third-order valence-corrected chi connectivity index (χ3v) is 3.24. The lowest BCUT2D eigenvalue weighted by molar-refractivity contribution is 0.257. The lowest BCUT2D eigenvalue weighted by Gasteiger charge is -2.13. The van der Waals surface area contributed by atoms with Crippen molar-refractivity contribution in [2.75, 3.05) is 0 Å². The van der Waals surface area contributed by atoms with Crippen molar-refractivity contribution in [3.05, 3.63) is 48.1 Å². The Labute approximate surface area is 102 Å². The Bertz CT molecular complexity index is 573. The SMILES string of the molecule is CC1O[C@]1(Cn1cncn1)c1ccc(F)cc1F. The molecule has 0 bridgehead atoms. The molecule has 0 spiro atoms. The zero-order valence-corrected chi connectivity index (χ0v) is 9.68. The zero-order chi connectivity index (χ0) is 12.8. The number of hydrogen-bond donors (Lipinski definition) is 0. The normalized spacial score (nSPS) is 26.3. The van der Waals surface area contributed by atoms with Crippen molar-refractivity contribution >= 4 is 0 Å². The highest BCUT2D eigenvalue weighted by Crippen LogP contribution is 2.48. The van der Waals surface area contributed by atoms with Gasteiger partial charge in [-0.1, -0.05) is 6.07 Å². The van der Waals surface area contributed by atoms with Gasteiger partial charge in [-0.05, 0) is 13.0 Å². The smallest absolute Gasteiger partial charge is 0.142 e. The van der Waals surface area contributed by atoms with Gasteiger partial charge in [0.05, 0.1) is 12.6 Å². The van der Waals surface area contributed by atoms with E-state index in [0.29, 0.717) is 12.1 Å². The summed E-state index contributed by atoms with van der Waals surface area (Å²) in [5.41, 5.74) is -0.419. The van der Waals surface area contributed by atoms with Gasteiger partial charge >= 0.3 is 0 Å². The number of benzene rings is 1. The highest BCUT2D eigenvalue weighted by Gasteiger charge is 2.56. The van der Waals surface area contributed by atoms with Crippen molar-refractivity contribution in [2.45, 2.75) is 25.2 Å². The molecule has 2 atom stereocenters. The molecule has 0 saturated carbocycles. The fraction of sp³-hybridized carbons (Fsp3) is 0.333. The summed E-state index contributed by atoms with van der Waals surface area (Å²) in [5.74, 6) is -1.19. The molecule has 6 heteroatoms. The van der Waals surface area contributed by atoms with E-state index in [4.69, 9.17) is 4.74 Å². The summed E-state index contributed by atoms with van der Waals surface area (Å²) >= 11 is 0. The molecule has 18 heavy (non-hydrogen) atoms. The van der Waals surface area contributed by atoms with E-state index < -0.39 is 17.2 Å². The van der Waals surface area contributed by atoms with Crippen LogP contribution in [0, 0.1) is 11.6 Å². The molecule has 4 nitrogen and oxygen atoms in total. The molecule has 2 heterocycles. The number of halogens is 2. The van der Waals surface area contributed by atoms with Crippen molar-refractivity contribution in [2.24, 2.45) is 0 Å². The Morgan fingerprint density at radius 1 is 1.44 bits per heavy atom. The molecule has 0 radical (unpaired) electrons. The molecule has 0 amide bonds. The largest absolute Gasteiger partial charge is 0.359 e. The van der Waals surface area contributed by atoms with E-state index in [1.807, 2.05) is 6.92 Å². The predicted molar refractivity (Wildman–Crippen MR) is 58.6 cm³/mol. The Morgan fingerprint density at radius 3 is 2.78 bits per heavy atom. The van der Waals surface area contributed by atoms with E-state index in [1.165, 1.54) is 24.8 Å². The maximum absolute atomic E-state index is 13.8. The maximum atomic E-state index is 13.8. The number of epoxide rings is 1. The Kier molecular flexibility index (Phi) is 2.41. The molecule has 1 aliphatic heterocycles. The first-order chi connectivity index (χ1) is 8.62. The van der Waals surface area contributed by atoms with Crippen LogP contribution in [-0.4, -0.2) is 20.9 Å². The fourth-order valence-electron chi connectivity index (χ4n) is 2.20. The quantitative estimate of drug-likeness (QED) is 0.782. The molecule has 1 aromatic heterocycles. The van der Waals surface area contributed by atoms with Gasteiger partial charge in [0, 0.05) is 11.6 Å². The minimum Gasteiger partial charge on any atom is -0.359 e. The van der Waals surface area contributed by atoms with E-state index in [0.717, 1.165) is 6.07 Å². The minimum absolute atomic E-state index is 0.137. The molecule has 0 aliphatic carbocycles. The average molecular weight is 251 g/mol. The van der Waals surface area contributed by atoms with Crippen LogP contribution in [0.25, 0.3) is 0 Å². The third kappa shape index (κ3) is 1.69. The van der Waals surface area contributed by atoms with Gasteiger partial charge in [-0.25, -0.2) is 18.4 Å². The van der Waals surface area contributed by atoms with Gasteiger partial charge in [0.1, 0.15) is 29.9 Å². The van der Waals surface area contributed by atoms with Crippen LogP contribution in [0.3, 0.4) is 0 Å². The first-order valence-electron chi connectivity index (χ1n) is 5.57. The number of rotatable bonds is 3. The van der Waals surface area contributed by atoms with Crippen LogP contribution in [0.15, 0.2) is 30.9 Å². The van der Waals surface area contributed by atoms with E-state index in [2.05, 4.69) is 10.1 Å². The van der Waals surface area contributed by atoms with Crippen LogP contribution < -0.4 is 0 Å². The van der Waals surface area contributed by atoms with Crippen LogP contribution in [0.4, 0.5) is 8.78 Å². The summed E-state index contributed by atoms with van der Waals surface area (Å²) in [6.45, 7) is 2.20. The molecule has 1 unspecified atom stereocenters. The summed E-state index contributed by atoms with van der Waals surface area (Å²) < 4.78 is 33.9. The molecule has 1 aliphatic rings. The van der Waals surface area contributed by atoms with Crippen molar-refractivity contribution < 1.29 is 13.5 Å². The molecular formula is C12H11F2N3O. The van der Waals surface area contributed by atoms with Gasteiger partial charge in [-0.3, -0.25) is 0 Å². The highest BCUT2D eigenvalue weighted by atomic mass is 19.1. The van der Waals surface area contributed by atoms with E-state index >= 15 is 0 Å². The van der Waals surface area contributed by atoms with Crippen LogP contribution in [0.5, 0.6) is 0 Å². The van der Waals surface area contributed by atoms with E-state index in [-0.39, 0.29) is 6.10 Å². The zero-order valence-electron chi connectivity index (χ0n) is 9.68. The Hall–Kier alpha value is -1.82. The Morgan fingerprint density at radius 2 is 2.22 bits per heavy atom. The molecular weight excluding hydrogens is 240 g/mol. The van der Waals surface area contributed by atoms with Crippen molar-refractivity contribution in [1.82, 2.24) is 14.8 Å². The monoisotopic (exact) mass is 251 g/mol. The van der Waals surface area contributed by atoms with Gasteiger partial charge in [-0.15, -0.1) is 0 Å². The molecule has 94 valence electrons. The summed E-state index contributed by atoms with van der Waals surface area (Å²) in [5, 5.41) is 3.98. The first kappa shape index (κ1) is 11.3. The minimum atomic E-state index is -0.772. The predicted octanol–water partition coefficient (Wildman–Crippen LogP) is 1.87. The van der Waals surface area contributed by atoms with Gasteiger partial charge < -0.3 is 4.74 Å². The first-order valence-corrected chi connectivity index (χ1v) is 5.57. The van der Waals surface area contributed by atoms with Crippen molar-refractivity contribution in [3.63, 3.8) is 0 Å². The third-order valence-electron chi connectivity index (χ3n) is 3.24.